The summed E-state index contributed by atoms with van der Waals surface area (Å²) < 4.78 is 0. The standard InChI is InChI=1S/C11H11ClN4S/c1-6-3-7(2)16-11(15-6)17-10-9(12)4-8(13)5-14-10/h3-5H,13H2,1-2H3. The number of pyridine rings is 1. The van der Waals surface area contributed by atoms with Crippen molar-refractivity contribution in [1.29, 1.82) is 0 Å². The molecule has 2 aromatic heterocycles. The van der Waals surface area contributed by atoms with E-state index in [9.17, 15) is 0 Å². The van der Waals surface area contributed by atoms with Gasteiger partial charge in [-0.2, -0.15) is 0 Å². The van der Waals surface area contributed by atoms with Crippen LogP contribution in [0, 0.1) is 13.8 Å². The molecule has 0 spiro atoms. The van der Waals surface area contributed by atoms with E-state index in [0.717, 1.165) is 11.4 Å². The average molecular weight is 267 g/mol. The Morgan fingerprint density at radius 1 is 1.18 bits per heavy atom. The molecule has 0 amide bonds. The first-order chi connectivity index (χ1) is 8.04. The van der Waals surface area contributed by atoms with Crippen molar-refractivity contribution < 1.29 is 0 Å². The fourth-order valence-electron chi connectivity index (χ4n) is 1.34. The van der Waals surface area contributed by atoms with Gasteiger partial charge >= 0.3 is 0 Å². The third-order valence-corrected chi connectivity index (χ3v) is 3.26. The lowest BCUT2D eigenvalue weighted by Crippen LogP contribution is -1.94. The van der Waals surface area contributed by atoms with Gasteiger partial charge in [0.2, 0.25) is 0 Å². The van der Waals surface area contributed by atoms with Crippen LogP contribution in [0.25, 0.3) is 0 Å². The molecule has 0 saturated carbocycles. The summed E-state index contributed by atoms with van der Waals surface area (Å²) in [6.07, 6.45) is 1.57. The Hall–Kier alpha value is -1.33. The van der Waals surface area contributed by atoms with Crippen LogP contribution in [0.5, 0.6) is 0 Å². The highest BCUT2D eigenvalue weighted by molar-refractivity contribution is 7.99. The first kappa shape index (κ1) is 12.1. The molecule has 4 nitrogen and oxygen atoms in total. The Balaban J connectivity index is 2.31. The van der Waals surface area contributed by atoms with Crippen molar-refractivity contribution >= 4 is 29.1 Å². The number of hydrogen-bond acceptors (Lipinski definition) is 5. The average Bonchev–Trinajstić information content (AvgIpc) is 2.21. The van der Waals surface area contributed by atoms with Gasteiger partial charge in [0, 0.05) is 11.4 Å². The fourth-order valence-corrected chi connectivity index (χ4v) is 2.45. The Kier molecular flexibility index (Phi) is 3.49. The molecule has 17 heavy (non-hydrogen) atoms. The largest absolute Gasteiger partial charge is 0.397 e. The van der Waals surface area contributed by atoms with Crippen LogP contribution in [0.3, 0.4) is 0 Å². The van der Waals surface area contributed by atoms with E-state index >= 15 is 0 Å². The van der Waals surface area contributed by atoms with E-state index in [1.165, 1.54) is 11.8 Å². The van der Waals surface area contributed by atoms with Gasteiger partial charge in [-0.3, -0.25) is 0 Å². The number of anilines is 1. The van der Waals surface area contributed by atoms with Crippen LogP contribution in [-0.2, 0) is 0 Å². The Morgan fingerprint density at radius 3 is 2.41 bits per heavy atom. The number of nitrogens with zero attached hydrogens (tertiary/aromatic N) is 3. The van der Waals surface area contributed by atoms with E-state index in [1.54, 1.807) is 12.3 Å². The highest BCUT2D eigenvalue weighted by Gasteiger charge is 2.08. The van der Waals surface area contributed by atoms with Gasteiger partial charge in [0.05, 0.1) is 16.9 Å². The number of nitrogen functional groups attached to an aromatic ring is 1. The third-order valence-electron chi connectivity index (χ3n) is 1.98. The van der Waals surface area contributed by atoms with Crippen molar-refractivity contribution in [3.8, 4) is 0 Å². The Bertz CT molecular complexity index is 539. The molecule has 6 heteroatoms. The molecule has 0 saturated heterocycles. The van der Waals surface area contributed by atoms with Crippen molar-refractivity contribution in [2.75, 3.05) is 5.73 Å². The minimum atomic E-state index is 0.512. The summed E-state index contributed by atoms with van der Waals surface area (Å²) in [6.45, 7) is 3.85. The van der Waals surface area contributed by atoms with E-state index in [2.05, 4.69) is 15.0 Å². The molecule has 0 unspecified atom stereocenters. The predicted octanol–water partition coefficient (Wildman–Crippen LogP) is 2.88. The van der Waals surface area contributed by atoms with Gasteiger partial charge in [0.15, 0.2) is 5.16 Å². The third kappa shape index (κ3) is 3.08. The zero-order chi connectivity index (χ0) is 12.4. The quantitative estimate of drug-likeness (QED) is 0.847. The lowest BCUT2D eigenvalue weighted by atomic mass is 10.4. The summed E-state index contributed by atoms with van der Waals surface area (Å²) >= 11 is 7.37. The van der Waals surface area contributed by atoms with Crippen LogP contribution in [0.2, 0.25) is 5.02 Å². The molecule has 88 valence electrons. The van der Waals surface area contributed by atoms with Crippen LogP contribution in [-0.4, -0.2) is 15.0 Å². The second-order valence-electron chi connectivity index (χ2n) is 3.59. The predicted molar refractivity (Wildman–Crippen MR) is 69.3 cm³/mol. The second kappa shape index (κ2) is 4.89. The van der Waals surface area contributed by atoms with Gasteiger partial charge in [-0.1, -0.05) is 11.6 Å². The monoisotopic (exact) mass is 266 g/mol. The normalized spacial score (nSPS) is 10.5. The van der Waals surface area contributed by atoms with Crippen molar-refractivity contribution in [2.24, 2.45) is 0 Å². The van der Waals surface area contributed by atoms with Gasteiger partial charge in [-0.05, 0) is 37.7 Å². The maximum Gasteiger partial charge on any atom is 0.194 e. The molecule has 0 aromatic carbocycles. The summed E-state index contributed by atoms with van der Waals surface area (Å²) in [5.41, 5.74) is 7.97. The lowest BCUT2D eigenvalue weighted by Gasteiger charge is -2.04. The number of aromatic nitrogens is 3. The zero-order valence-corrected chi connectivity index (χ0v) is 11.0. The van der Waals surface area contributed by atoms with Crippen molar-refractivity contribution in [3.05, 3.63) is 34.7 Å². The lowest BCUT2D eigenvalue weighted by molar-refractivity contribution is 0.899. The summed E-state index contributed by atoms with van der Waals surface area (Å²) in [6, 6.07) is 3.58. The minimum absolute atomic E-state index is 0.512. The van der Waals surface area contributed by atoms with E-state index in [1.807, 2.05) is 19.9 Å². The molecule has 0 fully saturated rings. The Labute approximate surface area is 109 Å². The SMILES string of the molecule is Cc1cc(C)nc(Sc2ncc(N)cc2Cl)n1. The molecule has 2 N–H and O–H groups in total. The Morgan fingerprint density at radius 2 is 1.82 bits per heavy atom. The molecular weight excluding hydrogens is 256 g/mol. The molecule has 0 radical (unpaired) electrons. The number of nitrogens with two attached hydrogens (primary N) is 1. The summed E-state index contributed by atoms with van der Waals surface area (Å²) in [7, 11) is 0. The summed E-state index contributed by atoms with van der Waals surface area (Å²) in [5.74, 6) is 0. The van der Waals surface area contributed by atoms with E-state index < -0.39 is 0 Å². The fraction of sp³-hybridized carbons (Fsp3) is 0.182. The van der Waals surface area contributed by atoms with E-state index in [0.29, 0.717) is 20.9 Å². The number of rotatable bonds is 2. The van der Waals surface area contributed by atoms with E-state index in [4.69, 9.17) is 17.3 Å². The van der Waals surface area contributed by atoms with Gasteiger partial charge in [-0.15, -0.1) is 0 Å². The first-order valence-electron chi connectivity index (χ1n) is 4.96. The second-order valence-corrected chi connectivity index (χ2v) is 4.95. The van der Waals surface area contributed by atoms with Crippen LogP contribution >= 0.6 is 23.4 Å². The number of aryl methyl sites for hydroxylation is 2. The van der Waals surface area contributed by atoms with Crippen LogP contribution < -0.4 is 5.73 Å². The summed E-state index contributed by atoms with van der Waals surface area (Å²) in [5, 5.41) is 1.81. The van der Waals surface area contributed by atoms with E-state index in [-0.39, 0.29) is 0 Å². The van der Waals surface area contributed by atoms with Crippen LogP contribution in [0.15, 0.2) is 28.5 Å². The number of hydrogen-bond donors (Lipinski definition) is 1. The van der Waals surface area contributed by atoms with Gasteiger partial charge in [0.1, 0.15) is 5.03 Å². The molecular formula is C11H11ClN4S. The first-order valence-corrected chi connectivity index (χ1v) is 6.15. The highest BCUT2D eigenvalue weighted by Crippen LogP contribution is 2.30. The summed E-state index contributed by atoms with van der Waals surface area (Å²) in [4.78, 5) is 12.8. The number of halogens is 1. The molecule has 2 rings (SSSR count). The molecule has 0 aliphatic carbocycles. The minimum Gasteiger partial charge on any atom is -0.397 e. The van der Waals surface area contributed by atoms with Crippen molar-refractivity contribution in [1.82, 2.24) is 15.0 Å². The van der Waals surface area contributed by atoms with Crippen molar-refractivity contribution in [3.63, 3.8) is 0 Å². The molecule has 0 bridgehead atoms. The van der Waals surface area contributed by atoms with Crippen LogP contribution in [0.4, 0.5) is 5.69 Å². The smallest absolute Gasteiger partial charge is 0.194 e. The maximum absolute atomic E-state index is 6.04. The molecule has 2 heterocycles. The van der Waals surface area contributed by atoms with Gasteiger partial charge < -0.3 is 5.73 Å². The maximum atomic E-state index is 6.04. The van der Waals surface area contributed by atoms with Crippen molar-refractivity contribution in [2.45, 2.75) is 24.0 Å². The molecule has 0 aliphatic heterocycles. The topological polar surface area (TPSA) is 64.7 Å². The highest BCUT2D eigenvalue weighted by atomic mass is 35.5. The van der Waals surface area contributed by atoms with Gasteiger partial charge in [0.25, 0.3) is 0 Å². The molecule has 2 aromatic rings. The molecule has 0 atom stereocenters. The van der Waals surface area contributed by atoms with Gasteiger partial charge in [-0.25, -0.2) is 15.0 Å². The molecule has 0 aliphatic rings. The zero-order valence-electron chi connectivity index (χ0n) is 9.44. The van der Waals surface area contributed by atoms with Crippen LogP contribution in [0.1, 0.15) is 11.4 Å².